The molecule has 0 saturated carbocycles. The molecule has 4 heteroatoms. The lowest BCUT2D eigenvalue weighted by Crippen LogP contribution is -1.71. The van der Waals surface area contributed by atoms with E-state index >= 15 is 0 Å². The van der Waals surface area contributed by atoms with Crippen LogP contribution >= 0.6 is 11.3 Å². The van der Waals surface area contributed by atoms with E-state index in [2.05, 4.69) is 10.1 Å². The summed E-state index contributed by atoms with van der Waals surface area (Å²) < 4.78 is 4.93. The summed E-state index contributed by atoms with van der Waals surface area (Å²) in [5, 5.41) is 6.47. The first-order valence-corrected chi connectivity index (χ1v) is 4.07. The van der Waals surface area contributed by atoms with Crippen molar-refractivity contribution in [3.63, 3.8) is 0 Å². The number of rotatable bonds is 1. The minimum atomic E-state index is 0.739. The van der Waals surface area contributed by atoms with Gasteiger partial charge in [0.25, 0.3) is 0 Å². The quantitative estimate of drug-likeness (QED) is 0.651. The zero-order chi connectivity index (χ0) is 7.68. The van der Waals surface area contributed by atoms with Gasteiger partial charge in [-0.3, -0.25) is 0 Å². The van der Waals surface area contributed by atoms with Crippen LogP contribution in [-0.2, 0) is 0 Å². The first-order chi connectivity index (χ1) is 5.36. The van der Waals surface area contributed by atoms with Gasteiger partial charge < -0.3 is 4.52 Å². The third-order valence-corrected chi connectivity index (χ3v) is 2.24. The number of hydrogen-bond donors (Lipinski definition) is 0. The molecule has 0 bridgehead atoms. The molecular weight excluding hydrogens is 160 g/mol. The molecule has 56 valence electrons. The lowest BCUT2D eigenvalue weighted by molar-refractivity contribution is 0.432. The van der Waals surface area contributed by atoms with E-state index in [9.17, 15) is 0 Å². The zero-order valence-electron chi connectivity index (χ0n) is 5.94. The van der Waals surface area contributed by atoms with Gasteiger partial charge in [-0.05, 0) is 6.92 Å². The second-order valence-electron chi connectivity index (χ2n) is 2.17. The first kappa shape index (κ1) is 6.54. The Labute approximate surface area is 67.7 Å². The number of thiazole rings is 1. The summed E-state index contributed by atoms with van der Waals surface area (Å²) >= 11 is 1.56. The van der Waals surface area contributed by atoms with Gasteiger partial charge in [0.05, 0.1) is 6.20 Å². The summed E-state index contributed by atoms with van der Waals surface area (Å²) in [6.45, 7) is 1.95. The van der Waals surface area contributed by atoms with Crippen LogP contribution in [0.3, 0.4) is 0 Å². The molecule has 2 heterocycles. The van der Waals surface area contributed by atoms with Crippen LogP contribution in [0.1, 0.15) is 5.69 Å². The molecule has 0 N–H and O–H groups in total. The smallest absolute Gasteiger partial charge is 0.195 e. The predicted octanol–water partition coefficient (Wildman–Crippen LogP) is 2.11. The van der Waals surface area contributed by atoms with Crippen LogP contribution in [0.15, 0.2) is 22.2 Å². The van der Waals surface area contributed by atoms with E-state index in [0.29, 0.717) is 0 Å². The van der Waals surface area contributed by atoms with E-state index in [-0.39, 0.29) is 0 Å². The Morgan fingerprint density at radius 1 is 1.55 bits per heavy atom. The van der Waals surface area contributed by atoms with Crippen LogP contribution in [0.5, 0.6) is 0 Å². The molecule has 0 saturated heterocycles. The van der Waals surface area contributed by atoms with E-state index in [1.807, 2.05) is 12.3 Å². The minimum absolute atomic E-state index is 0.739. The normalized spacial score (nSPS) is 10.3. The zero-order valence-corrected chi connectivity index (χ0v) is 6.76. The largest absolute Gasteiger partial charge is 0.354 e. The van der Waals surface area contributed by atoms with Crippen molar-refractivity contribution >= 4 is 11.3 Å². The first-order valence-electron chi connectivity index (χ1n) is 3.19. The maximum Gasteiger partial charge on any atom is 0.195 e. The van der Waals surface area contributed by atoms with Crippen molar-refractivity contribution in [2.75, 3.05) is 0 Å². The summed E-state index contributed by atoms with van der Waals surface area (Å²) in [5.41, 5.74) is 1.02. The summed E-state index contributed by atoms with van der Waals surface area (Å²) in [6, 6.07) is 1.80. The average Bonchev–Trinajstić information content (AvgIpc) is 2.55. The molecule has 0 aliphatic rings. The summed E-state index contributed by atoms with van der Waals surface area (Å²) in [4.78, 5) is 4.24. The monoisotopic (exact) mass is 166 g/mol. The van der Waals surface area contributed by atoms with Gasteiger partial charge >= 0.3 is 0 Å². The lowest BCUT2D eigenvalue weighted by Gasteiger charge is -1.82. The number of hydrogen-bond acceptors (Lipinski definition) is 4. The van der Waals surface area contributed by atoms with Gasteiger partial charge in [-0.15, -0.1) is 11.3 Å². The van der Waals surface area contributed by atoms with Gasteiger partial charge in [-0.2, -0.15) is 0 Å². The molecule has 0 atom stereocenters. The van der Waals surface area contributed by atoms with Crippen LogP contribution in [0.25, 0.3) is 10.8 Å². The van der Waals surface area contributed by atoms with Crippen molar-refractivity contribution in [1.29, 1.82) is 0 Å². The lowest BCUT2D eigenvalue weighted by atomic mass is 10.5. The van der Waals surface area contributed by atoms with E-state index < -0.39 is 0 Å². The van der Waals surface area contributed by atoms with Crippen LogP contribution in [0.2, 0.25) is 0 Å². The molecule has 0 amide bonds. The fraction of sp³-hybridized carbons (Fsp3) is 0.143. The number of aryl methyl sites for hydroxylation is 1. The third kappa shape index (κ3) is 1.17. The van der Waals surface area contributed by atoms with E-state index in [1.54, 1.807) is 23.6 Å². The van der Waals surface area contributed by atoms with Crippen LogP contribution in [-0.4, -0.2) is 10.1 Å². The van der Waals surface area contributed by atoms with Gasteiger partial charge in [-0.25, -0.2) is 4.98 Å². The molecule has 0 unspecified atom stereocenters. The molecule has 0 aliphatic heterocycles. The van der Waals surface area contributed by atoms with Gasteiger partial charge in [0.15, 0.2) is 10.8 Å². The second-order valence-corrected chi connectivity index (χ2v) is 3.03. The predicted molar refractivity (Wildman–Crippen MR) is 42.3 cm³/mol. The molecule has 2 aromatic rings. The fourth-order valence-corrected chi connectivity index (χ4v) is 1.55. The van der Waals surface area contributed by atoms with Crippen molar-refractivity contribution in [2.24, 2.45) is 0 Å². The van der Waals surface area contributed by atoms with Gasteiger partial charge in [0.1, 0.15) is 0 Å². The average molecular weight is 166 g/mol. The summed E-state index contributed by atoms with van der Waals surface area (Å²) in [6.07, 6.45) is 1.62. The van der Waals surface area contributed by atoms with Crippen LogP contribution < -0.4 is 0 Å². The molecule has 3 nitrogen and oxygen atoms in total. The van der Waals surface area contributed by atoms with Crippen LogP contribution in [0, 0.1) is 6.92 Å². The standard InChI is InChI=1S/C7H6N2OS/c1-5-4-11-7(9-5)6-2-3-8-10-6/h2-4H,1H3. The van der Waals surface area contributed by atoms with E-state index in [1.165, 1.54) is 0 Å². The van der Waals surface area contributed by atoms with Crippen LogP contribution in [0.4, 0.5) is 0 Å². The summed E-state index contributed by atoms with van der Waals surface area (Å²) in [5.74, 6) is 0.739. The van der Waals surface area contributed by atoms with Gasteiger partial charge in [0.2, 0.25) is 0 Å². The Balaban J connectivity index is 2.45. The Morgan fingerprint density at radius 3 is 3.00 bits per heavy atom. The molecule has 11 heavy (non-hydrogen) atoms. The molecule has 0 spiro atoms. The Kier molecular flexibility index (Phi) is 1.47. The Morgan fingerprint density at radius 2 is 2.45 bits per heavy atom. The minimum Gasteiger partial charge on any atom is -0.354 e. The molecular formula is C7H6N2OS. The highest BCUT2D eigenvalue weighted by molar-refractivity contribution is 7.13. The summed E-state index contributed by atoms with van der Waals surface area (Å²) in [7, 11) is 0. The molecule has 0 aliphatic carbocycles. The topological polar surface area (TPSA) is 38.9 Å². The third-order valence-electron chi connectivity index (χ3n) is 1.27. The molecule has 2 rings (SSSR count). The SMILES string of the molecule is Cc1csc(-c2ccno2)n1. The fourth-order valence-electron chi connectivity index (χ4n) is 0.793. The number of nitrogens with zero attached hydrogens (tertiary/aromatic N) is 2. The molecule has 2 aromatic heterocycles. The molecule has 0 radical (unpaired) electrons. The van der Waals surface area contributed by atoms with E-state index in [4.69, 9.17) is 4.52 Å². The highest BCUT2D eigenvalue weighted by Crippen LogP contribution is 2.22. The van der Waals surface area contributed by atoms with Gasteiger partial charge in [-0.1, -0.05) is 5.16 Å². The highest BCUT2D eigenvalue weighted by Gasteiger charge is 2.04. The van der Waals surface area contributed by atoms with E-state index in [0.717, 1.165) is 16.5 Å². The Bertz CT molecular complexity index is 339. The highest BCUT2D eigenvalue weighted by atomic mass is 32.1. The second kappa shape index (κ2) is 2.47. The van der Waals surface area contributed by atoms with Crippen molar-refractivity contribution in [2.45, 2.75) is 6.92 Å². The van der Waals surface area contributed by atoms with Crippen molar-refractivity contribution in [1.82, 2.24) is 10.1 Å². The van der Waals surface area contributed by atoms with Crippen molar-refractivity contribution in [3.05, 3.63) is 23.3 Å². The van der Waals surface area contributed by atoms with Gasteiger partial charge in [0, 0.05) is 17.1 Å². The number of aromatic nitrogens is 2. The molecule has 0 fully saturated rings. The van der Waals surface area contributed by atoms with Crippen molar-refractivity contribution in [3.8, 4) is 10.8 Å². The maximum atomic E-state index is 4.93. The Hall–Kier alpha value is -1.16. The van der Waals surface area contributed by atoms with Crippen molar-refractivity contribution < 1.29 is 4.52 Å². The maximum absolute atomic E-state index is 4.93. The molecule has 0 aromatic carbocycles.